The predicted molar refractivity (Wildman–Crippen MR) is 150 cm³/mol. The van der Waals surface area contributed by atoms with Crippen molar-refractivity contribution in [3.63, 3.8) is 0 Å². The Morgan fingerprint density at radius 1 is 0.946 bits per heavy atom. The minimum Gasteiger partial charge on any atom is -0.493 e. The van der Waals surface area contributed by atoms with Gasteiger partial charge in [-0.1, -0.05) is 43.9 Å². The molecule has 1 aliphatic rings. The van der Waals surface area contributed by atoms with Crippen molar-refractivity contribution < 1.29 is 22.6 Å². The number of ether oxygens (including phenoxy) is 3. The van der Waals surface area contributed by atoms with Crippen molar-refractivity contribution in [2.75, 3.05) is 26.1 Å². The third-order valence-corrected chi connectivity index (χ3v) is 9.86. The van der Waals surface area contributed by atoms with Crippen LogP contribution in [0, 0.1) is 5.92 Å². The Hall–Kier alpha value is -2.75. The van der Waals surface area contributed by atoms with Crippen LogP contribution in [-0.2, 0) is 16.6 Å². The van der Waals surface area contributed by atoms with Gasteiger partial charge in [0.05, 0.1) is 27.0 Å². The topological polar surface area (TPSA) is 85.9 Å². The molecule has 1 heterocycles. The third-order valence-electron chi connectivity index (χ3n) is 6.88. The lowest BCUT2D eigenvalue weighted by Gasteiger charge is -2.19. The third kappa shape index (κ3) is 6.40. The highest BCUT2D eigenvalue weighted by atomic mass is 32.2. The molecule has 1 saturated carbocycles. The second-order valence-electron chi connectivity index (χ2n) is 9.43. The first-order valence-corrected chi connectivity index (χ1v) is 14.9. The molecule has 1 fully saturated rings. The molecule has 2 N–H and O–H groups in total. The van der Waals surface area contributed by atoms with Gasteiger partial charge in [-0.25, -0.2) is 8.42 Å². The Bertz CT molecular complexity index is 1300. The molecular formula is C28H36N2O5S2. The molecule has 37 heavy (non-hydrogen) atoms. The lowest BCUT2D eigenvalue weighted by atomic mass is 9.99. The van der Waals surface area contributed by atoms with E-state index in [1.165, 1.54) is 37.0 Å². The number of hydrogen-bond acceptors (Lipinski definition) is 7. The molecule has 0 radical (unpaired) electrons. The van der Waals surface area contributed by atoms with E-state index in [0.717, 1.165) is 28.3 Å². The van der Waals surface area contributed by atoms with Gasteiger partial charge in [-0.05, 0) is 55.2 Å². The fourth-order valence-electron chi connectivity index (χ4n) is 4.99. The van der Waals surface area contributed by atoms with E-state index in [9.17, 15) is 8.42 Å². The van der Waals surface area contributed by atoms with E-state index in [2.05, 4.69) is 17.0 Å². The van der Waals surface area contributed by atoms with Crippen LogP contribution in [0.15, 0.2) is 52.7 Å². The number of rotatable bonds is 12. The Labute approximate surface area is 224 Å². The highest BCUT2D eigenvalue weighted by Gasteiger charge is 2.23. The van der Waals surface area contributed by atoms with Crippen LogP contribution in [0.25, 0.3) is 10.4 Å². The fourth-order valence-corrected chi connectivity index (χ4v) is 7.42. The maximum absolute atomic E-state index is 13.3. The van der Waals surface area contributed by atoms with Gasteiger partial charge in [-0.2, -0.15) is 0 Å². The van der Waals surface area contributed by atoms with Crippen LogP contribution < -0.4 is 24.2 Å². The van der Waals surface area contributed by atoms with Crippen LogP contribution in [-0.4, -0.2) is 35.8 Å². The van der Waals surface area contributed by atoms with Crippen LogP contribution in [0.4, 0.5) is 5.69 Å². The second kappa shape index (κ2) is 12.2. The van der Waals surface area contributed by atoms with Gasteiger partial charge >= 0.3 is 0 Å². The summed E-state index contributed by atoms with van der Waals surface area (Å²) >= 11 is 1.17. The average Bonchev–Trinajstić information content (AvgIpc) is 3.60. The maximum Gasteiger partial charge on any atom is 0.271 e. The summed E-state index contributed by atoms with van der Waals surface area (Å²) in [6.45, 7) is 2.81. The van der Waals surface area contributed by atoms with Gasteiger partial charge in [0.2, 0.25) is 5.75 Å². The summed E-state index contributed by atoms with van der Waals surface area (Å²) in [5.41, 5.74) is 2.23. The van der Waals surface area contributed by atoms with E-state index >= 15 is 0 Å². The molecule has 0 unspecified atom stereocenters. The van der Waals surface area contributed by atoms with E-state index in [0.29, 0.717) is 35.5 Å². The van der Waals surface area contributed by atoms with Gasteiger partial charge in [-0.3, -0.25) is 4.72 Å². The molecule has 0 saturated heterocycles. The smallest absolute Gasteiger partial charge is 0.271 e. The van der Waals surface area contributed by atoms with E-state index in [-0.39, 0.29) is 4.21 Å². The lowest BCUT2D eigenvalue weighted by Crippen LogP contribution is -2.28. The molecule has 1 atom stereocenters. The molecular weight excluding hydrogens is 508 g/mol. The summed E-state index contributed by atoms with van der Waals surface area (Å²) in [7, 11) is 0.864. The Morgan fingerprint density at radius 2 is 1.68 bits per heavy atom. The first-order chi connectivity index (χ1) is 17.9. The number of hydrogen-bond donors (Lipinski definition) is 2. The molecule has 200 valence electrons. The van der Waals surface area contributed by atoms with Gasteiger partial charge in [0, 0.05) is 23.0 Å². The molecule has 4 rings (SSSR count). The van der Waals surface area contributed by atoms with E-state index < -0.39 is 10.0 Å². The average molecular weight is 545 g/mol. The molecule has 7 nitrogen and oxygen atoms in total. The van der Waals surface area contributed by atoms with Gasteiger partial charge < -0.3 is 19.5 Å². The molecule has 0 spiro atoms. The summed E-state index contributed by atoms with van der Waals surface area (Å²) in [4.78, 5) is 0.744. The monoisotopic (exact) mass is 544 g/mol. The van der Waals surface area contributed by atoms with Gasteiger partial charge in [0.25, 0.3) is 10.0 Å². The van der Waals surface area contributed by atoms with E-state index in [1.54, 1.807) is 39.5 Å². The summed E-state index contributed by atoms with van der Waals surface area (Å²) in [6, 6.07) is 14.9. The van der Waals surface area contributed by atoms with Crippen LogP contribution in [0.5, 0.6) is 17.2 Å². The van der Waals surface area contributed by atoms with E-state index in [4.69, 9.17) is 14.2 Å². The summed E-state index contributed by atoms with van der Waals surface area (Å²) < 4.78 is 46.1. The summed E-state index contributed by atoms with van der Waals surface area (Å²) in [5, 5.41) is 3.58. The molecule has 1 aliphatic carbocycles. The summed E-state index contributed by atoms with van der Waals surface area (Å²) in [6.07, 6.45) is 6.47. The quantitative estimate of drug-likeness (QED) is 0.278. The van der Waals surface area contributed by atoms with Crippen molar-refractivity contribution in [3.8, 4) is 27.7 Å². The van der Waals surface area contributed by atoms with Crippen molar-refractivity contribution in [2.24, 2.45) is 5.92 Å². The Balaban J connectivity index is 1.51. The van der Waals surface area contributed by atoms with Crippen molar-refractivity contribution in [1.29, 1.82) is 0 Å². The number of thiophene rings is 1. The molecule has 1 aromatic heterocycles. The second-order valence-corrected chi connectivity index (χ2v) is 12.4. The summed E-state index contributed by atoms with van der Waals surface area (Å²) in [5.74, 6) is 2.29. The maximum atomic E-state index is 13.3. The van der Waals surface area contributed by atoms with Crippen molar-refractivity contribution in [1.82, 2.24) is 5.32 Å². The van der Waals surface area contributed by atoms with Gasteiger partial charge in [-0.15, -0.1) is 11.3 Å². The zero-order valence-electron chi connectivity index (χ0n) is 21.9. The number of para-hydroxylation sites is 1. The zero-order chi connectivity index (χ0) is 26.4. The van der Waals surface area contributed by atoms with Crippen LogP contribution in [0.1, 0.15) is 44.6 Å². The fraction of sp³-hybridized carbons (Fsp3) is 0.429. The molecule has 0 bridgehead atoms. The normalized spacial score (nSPS) is 14.9. The number of anilines is 1. The highest BCUT2D eigenvalue weighted by molar-refractivity contribution is 7.94. The SMILES string of the molecule is COc1ccc(-c2ccc(S(=O)(=O)Nc3ccccc3CN[C@@H](C)CC3CCCC3)s2)c(OC)c1OC. The van der Waals surface area contributed by atoms with Crippen molar-refractivity contribution in [3.05, 3.63) is 54.1 Å². The number of methoxy groups -OCH3 is 3. The molecule has 3 aromatic rings. The molecule has 2 aromatic carbocycles. The van der Waals surface area contributed by atoms with Crippen molar-refractivity contribution >= 4 is 27.0 Å². The Kier molecular flexibility index (Phi) is 9.00. The van der Waals surface area contributed by atoms with Crippen LogP contribution in [0.2, 0.25) is 0 Å². The molecule has 0 amide bonds. The number of nitrogens with one attached hydrogen (secondary N) is 2. The predicted octanol–water partition coefficient (Wildman–Crippen LogP) is 6.30. The van der Waals surface area contributed by atoms with E-state index in [1.807, 2.05) is 30.3 Å². The Morgan fingerprint density at radius 3 is 2.38 bits per heavy atom. The standard InChI is InChI=1S/C28H36N2O5S2/c1-19(17-20-9-5-6-10-20)29-18-21-11-7-8-12-23(21)30-37(31,32)26-16-15-25(36-26)22-13-14-24(33-2)28(35-4)27(22)34-3/h7-8,11-16,19-20,29-30H,5-6,9-10,17-18H2,1-4H3/t19-/m0/s1. The van der Waals surface area contributed by atoms with Gasteiger partial charge in [0.1, 0.15) is 4.21 Å². The van der Waals surface area contributed by atoms with Crippen LogP contribution >= 0.6 is 11.3 Å². The highest BCUT2D eigenvalue weighted by Crippen LogP contribution is 2.46. The zero-order valence-corrected chi connectivity index (χ0v) is 23.5. The number of sulfonamides is 1. The first-order valence-electron chi connectivity index (χ1n) is 12.6. The first kappa shape index (κ1) is 27.3. The van der Waals surface area contributed by atoms with Crippen LogP contribution in [0.3, 0.4) is 0 Å². The largest absolute Gasteiger partial charge is 0.493 e. The molecule has 9 heteroatoms. The van der Waals surface area contributed by atoms with Gasteiger partial charge in [0.15, 0.2) is 11.5 Å². The van der Waals surface area contributed by atoms with Crippen molar-refractivity contribution in [2.45, 2.75) is 55.8 Å². The lowest BCUT2D eigenvalue weighted by molar-refractivity contribution is 0.325. The minimum atomic E-state index is -3.78. The number of benzene rings is 2. The minimum absolute atomic E-state index is 0.219. The molecule has 0 aliphatic heterocycles.